The number of hydrogen-bond acceptors (Lipinski definition) is 6. The lowest BCUT2D eigenvalue weighted by Gasteiger charge is -2.31. The van der Waals surface area contributed by atoms with Gasteiger partial charge in [-0.3, -0.25) is 4.79 Å². The van der Waals surface area contributed by atoms with Crippen LogP contribution in [0.25, 0.3) is 22.3 Å². The first kappa shape index (κ1) is 37.7. The fourth-order valence-corrected chi connectivity index (χ4v) is 10.3. The molecule has 1 aliphatic rings. The Balaban J connectivity index is 1.51. The molecule has 4 bridgehead atoms. The fraction of sp³-hybridized carbons (Fsp3) is 0.410. The van der Waals surface area contributed by atoms with Gasteiger partial charge in [0.15, 0.2) is 33.1 Å². The normalized spacial score (nSPS) is 19.5. The third-order valence-corrected chi connectivity index (χ3v) is 13.4. The van der Waals surface area contributed by atoms with Crippen molar-refractivity contribution in [3.05, 3.63) is 94.7 Å². The van der Waals surface area contributed by atoms with Crippen molar-refractivity contribution < 1.29 is 31.5 Å². The van der Waals surface area contributed by atoms with E-state index in [0.717, 1.165) is 22.9 Å². The lowest BCUT2D eigenvalue weighted by Crippen LogP contribution is -2.30. The summed E-state index contributed by atoms with van der Waals surface area (Å²) >= 11 is 0.904. The third kappa shape index (κ3) is 7.39. The number of carboxylic acids is 1. The molecule has 13 heteroatoms. The molecule has 276 valence electrons. The number of rotatable bonds is 4. The van der Waals surface area contributed by atoms with E-state index in [2.05, 4.69) is 4.98 Å². The van der Waals surface area contributed by atoms with E-state index in [9.17, 15) is 18.3 Å². The summed E-state index contributed by atoms with van der Waals surface area (Å²) < 4.78 is 75.7. The minimum atomic E-state index is -3.66. The quantitative estimate of drug-likeness (QED) is 0.189. The number of aryl methyl sites for hydroxylation is 2. The molecule has 0 fully saturated rings. The van der Waals surface area contributed by atoms with E-state index < -0.39 is 49.5 Å². The second kappa shape index (κ2) is 13.7. The number of carboxylic acid groups (broad SMARTS) is 1. The molecule has 1 atom stereocenters. The number of halogens is 3. The molecule has 3 heterocycles. The van der Waals surface area contributed by atoms with E-state index in [0.29, 0.717) is 40.9 Å². The number of benzene rings is 3. The molecule has 52 heavy (non-hydrogen) atoms. The van der Waals surface area contributed by atoms with E-state index in [1.165, 1.54) is 29.1 Å². The number of fused-ring (bicyclic) bond motifs is 8. The minimum Gasteiger partial charge on any atom is -0.481 e. The van der Waals surface area contributed by atoms with E-state index in [4.69, 9.17) is 10.1 Å². The molecule has 1 aliphatic heterocycles. The highest BCUT2D eigenvalue weighted by molar-refractivity contribution is 7.99. The summed E-state index contributed by atoms with van der Waals surface area (Å²) in [6, 6.07) is 13.5. The molecule has 0 saturated carbocycles. The van der Waals surface area contributed by atoms with Crippen LogP contribution in [0.1, 0.15) is 76.4 Å². The van der Waals surface area contributed by atoms with Crippen molar-refractivity contribution in [2.75, 3.05) is 11.5 Å². The molecule has 8 nitrogen and oxygen atoms in total. The Labute approximate surface area is 306 Å². The number of hydrogen-bond donors (Lipinski definition) is 2. The number of aromatic amines is 1. The Morgan fingerprint density at radius 1 is 1.06 bits per heavy atom. The maximum Gasteiger partial charge on any atom is 0.309 e. The van der Waals surface area contributed by atoms with Crippen molar-refractivity contribution in [3.8, 4) is 11.4 Å². The van der Waals surface area contributed by atoms with Crippen LogP contribution in [0.2, 0.25) is 0 Å². The van der Waals surface area contributed by atoms with Crippen LogP contribution in [0.4, 0.5) is 13.2 Å². The second-order valence-electron chi connectivity index (χ2n) is 15.6. The van der Waals surface area contributed by atoms with Gasteiger partial charge in [0.25, 0.3) is 0 Å². The molecule has 0 radical (unpaired) electrons. The van der Waals surface area contributed by atoms with Gasteiger partial charge in [-0.2, -0.15) is 5.10 Å². The highest BCUT2D eigenvalue weighted by atomic mass is 32.2. The average molecular weight is 753 g/mol. The Bertz CT molecular complexity index is 2300. The van der Waals surface area contributed by atoms with Crippen molar-refractivity contribution in [2.45, 2.75) is 81.9 Å². The minimum absolute atomic E-state index is 0.0395. The highest BCUT2D eigenvalue weighted by Crippen LogP contribution is 2.42. The molecule has 5 aromatic rings. The molecule has 0 spiro atoms. The van der Waals surface area contributed by atoms with Gasteiger partial charge < -0.3 is 10.1 Å². The fourth-order valence-electron chi connectivity index (χ4n) is 7.24. The first-order valence-corrected chi connectivity index (χ1v) is 19.8. The Kier molecular flexibility index (Phi) is 9.93. The van der Waals surface area contributed by atoms with Crippen LogP contribution in [-0.2, 0) is 39.9 Å². The van der Waals surface area contributed by atoms with Gasteiger partial charge in [0.1, 0.15) is 5.82 Å². The van der Waals surface area contributed by atoms with Crippen molar-refractivity contribution in [1.29, 1.82) is 0 Å². The molecule has 0 aliphatic carbocycles. The van der Waals surface area contributed by atoms with Gasteiger partial charge in [-0.15, -0.1) is 0 Å². The van der Waals surface area contributed by atoms with Crippen molar-refractivity contribution in [3.63, 3.8) is 0 Å². The van der Waals surface area contributed by atoms with Crippen LogP contribution in [0.3, 0.4) is 0 Å². The average Bonchev–Trinajstić information content (AvgIpc) is 3.70. The molecule has 2 N–H and O–H groups in total. The number of H-pyrrole nitrogens is 1. The Morgan fingerprint density at radius 3 is 2.54 bits per heavy atom. The Morgan fingerprint density at radius 2 is 1.81 bits per heavy atom. The summed E-state index contributed by atoms with van der Waals surface area (Å²) in [4.78, 5) is 19.9. The smallest absolute Gasteiger partial charge is 0.309 e. The number of aliphatic carboxylic acids is 1. The monoisotopic (exact) mass is 752 g/mol. The van der Waals surface area contributed by atoms with Gasteiger partial charge in [0.2, 0.25) is 0 Å². The molecule has 2 aromatic heterocycles. The highest BCUT2D eigenvalue weighted by Gasteiger charge is 2.37. The second-order valence-corrected chi connectivity index (χ2v) is 18.9. The molecule has 0 unspecified atom stereocenters. The van der Waals surface area contributed by atoms with Crippen LogP contribution < -0.4 is 0 Å². The number of carbonyl (C=O) groups is 1. The number of nitrogens with one attached hydrogen (secondary N) is 1. The standard InChI is InChI=1S/C39H43F3N4O4S2/c1-37(2)15-8-16-39(5,24-10-7-9-23(19-24)21-38(3,4)36(47)48)35-44-34(46(6)45-35)28-20-25(11-12-29(28)40)51-33-27(14-18-52(49,50)22-37)26-13-17-43-32(26)30(41)31(33)42/h7,9-13,17,19-20,43H,8,14-16,18,21-22H2,1-6H3,(H,47,48)/t39-/m1/s1. The van der Waals surface area contributed by atoms with Crippen LogP contribution in [-0.4, -0.2) is 50.7 Å². The summed E-state index contributed by atoms with van der Waals surface area (Å²) in [5.41, 5.74) is -0.363. The van der Waals surface area contributed by atoms with Crippen LogP contribution in [0.5, 0.6) is 0 Å². The van der Waals surface area contributed by atoms with Gasteiger partial charge in [-0.05, 0) is 92.8 Å². The van der Waals surface area contributed by atoms with Crippen molar-refractivity contribution >= 4 is 38.5 Å². The van der Waals surface area contributed by atoms with Gasteiger partial charge in [0.05, 0.1) is 38.3 Å². The van der Waals surface area contributed by atoms with E-state index in [-0.39, 0.29) is 46.1 Å². The number of sulfone groups is 1. The zero-order chi connectivity index (χ0) is 37.8. The first-order chi connectivity index (χ1) is 24.3. The van der Waals surface area contributed by atoms with Crippen molar-refractivity contribution in [1.82, 2.24) is 19.7 Å². The first-order valence-electron chi connectivity index (χ1n) is 17.2. The van der Waals surface area contributed by atoms with Gasteiger partial charge in [-0.1, -0.05) is 56.3 Å². The topological polar surface area (TPSA) is 118 Å². The van der Waals surface area contributed by atoms with Gasteiger partial charge >= 0.3 is 5.97 Å². The van der Waals surface area contributed by atoms with Crippen molar-refractivity contribution in [2.24, 2.45) is 17.9 Å². The summed E-state index contributed by atoms with van der Waals surface area (Å²) in [5.74, 6) is -3.40. The van der Waals surface area contributed by atoms with Gasteiger partial charge in [-0.25, -0.2) is 31.3 Å². The van der Waals surface area contributed by atoms with Crippen LogP contribution >= 0.6 is 11.8 Å². The molecular formula is C39H43F3N4O4S2. The largest absolute Gasteiger partial charge is 0.481 e. The predicted octanol–water partition coefficient (Wildman–Crippen LogP) is 8.66. The SMILES string of the molecule is Cn1nc2nc1-c1cc(ccc1F)Sc1c(F)c(F)c3[nH]ccc3c1CCS(=O)(=O)CC(C)(C)CCC[C@]2(C)c1cccc(CC(C)(C)C(=O)O)c1. The van der Waals surface area contributed by atoms with E-state index in [1.54, 1.807) is 27.0 Å². The maximum absolute atomic E-state index is 15.8. The third-order valence-electron chi connectivity index (χ3n) is 10.2. The summed E-state index contributed by atoms with van der Waals surface area (Å²) in [7, 11) is -1.99. The van der Waals surface area contributed by atoms with E-state index >= 15 is 13.2 Å². The molecule has 3 aromatic carbocycles. The van der Waals surface area contributed by atoms with Crippen LogP contribution in [0, 0.1) is 28.3 Å². The molecule has 6 rings (SSSR count). The molecule has 0 amide bonds. The predicted molar refractivity (Wildman–Crippen MR) is 197 cm³/mol. The van der Waals surface area contributed by atoms with E-state index in [1.807, 2.05) is 45.0 Å². The molecular weight excluding hydrogens is 710 g/mol. The van der Waals surface area contributed by atoms with Gasteiger partial charge in [0, 0.05) is 23.5 Å². The summed E-state index contributed by atoms with van der Waals surface area (Å²) in [5, 5.41) is 15.0. The number of aromatic nitrogens is 4. The summed E-state index contributed by atoms with van der Waals surface area (Å²) in [6.45, 7) is 9.16. The Hall–Kier alpha value is -4.10. The summed E-state index contributed by atoms with van der Waals surface area (Å²) in [6.07, 6.45) is 3.39. The zero-order valence-corrected chi connectivity index (χ0v) is 31.7. The number of nitrogens with zero attached hydrogens (tertiary/aromatic N) is 3. The zero-order valence-electron chi connectivity index (χ0n) is 30.1. The maximum atomic E-state index is 15.8. The molecule has 0 saturated heterocycles. The van der Waals surface area contributed by atoms with Crippen LogP contribution in [0.15, 0.2) is 64.5 Å². The lowest BCUT2D eigenvalue weighted by atomic mass is 9.74. The lowest BCUT2D eigenvalue weighted by molar-refractivity contribution is -0.146.